The van der Waals surface area contributed by atoms with Crippen molar-refractivity contribution in [3.8, 4) is 5.75 Å². The fourth-order valence-corrected chi connectivity index (χ4v) is 4.79. The van der Waals surface area contributed by atoms with E-state index in [0.29, 0.717) is 12.2 Å². The predicted molar refractivity (Wildman–Crippen MR) is 115 cm³/mol. The number of ether oxygens (including phenoxy) is 1. The molecule has 1 unspecified atom stereocenters. The Bertz CT molecular complexity index is 1200. The summed E-state index contributed by atoms with van der Waals surface area (Å²) in [5, 5.41) is 4.69. The van der Waals surface area contributed by atoms with Crippen LogP contribution in [-0.4, -0.2) is 44.4 Å². The first-order chi connectivity index (χ1) is 15.1. The van der Waals surface area contributed by atoms with Gasteiger partial charge in [0.2, 0.25) is 0 Å². The van der Waals surface area contributed by atoms with Crippen LogP contribution in [0.1, 0.15) is 29.9 Å². The summed E-state index contributed by atoms with van der Waals surface area (Å²) in [4.78, 5) is 32.1. The zero-order valence-corrected chi connectivity index (χ0v) is 17.5. The lowest BCUT2D eigenvalue weighted by atomic mass is 9.85. The summed E-state index contributed by atoms with van der Waals surface area (Å²) in [6, 6.07) is 13.6. The summed E-state index contributed by atoms with van der Waals surface area (Å²) in [5.74, 6) is 1.59. The van der Waals surface area contributed by atoms with E-state index in [9.17, 15) is 9.59 Å². The van der Waals surface area contributed by atoms with Gasteiger partial charge in [-0.2, -0.15) is 5.10 Å². The van der Waals surface area contributed by atoms with Crippen molar-refractivity contribution in [2.45, 2.75) is 37.9 Å². The molecule has 0 bridgehead atoms. The summed E-state index contributed by atoms with van der Waals surface area (Å²) in [6.07, 6.45) is 3.44. The maximum Gasteiger partial charge on any atom is 0.332 e. The Kier molecular flexibility index (Phi) is 4.94. The molecular weight excluding hydrogens is 394 g/mol. The molecular formula is C23H25N5O3. The van der Waals surface area contributed by atoms with Gasteiger partial charge in [-0.05, 0) is 49.2 Å². The van der Waals surface area contributed by atoms with Crippen molar-refractivity contribution in [2.75, 3.05) is 20.2 Å². The van der Waals surface area contributed by atoms with Crippen LogP contribution in [0.25, 0.3) is 0 Å². The molecule has 5 rings (SSSR count). The van der Waals surface area contributed by atoms with Crippen molar-refractivity contribution >= 4 is 0 Å². The average molecular weight is 419 g/mol. The molecule has 160 valence electrons. The van der Waals surface area contributed by atoms with Crippen LogP contribution in [0.3, 0.4) is 0 Å². The van der Waals surface area contributed by atoms with Gasteiger partial charge in [0, 0.05) is 31.2 Å². The molecule has 8 nitrogen and oxygen atoms in total. The Labute approximate surface area is 179 Å². The molecule has 2 aromatic heterocycles. The summed E-state index contributed by atoms with van der Waals surface area (Å²) in [7, 11) is 1.67. The van der Waals surface area contributed by atoms with Gasteiger partial charge in [0.1, 0.15) is 11.6 Å². The molecule has 0 saturated carbocycles. The highest BCUT2D eigenvalue weighted by Crippen LogP contribution is 2.40. The summed E-state index contributed by atoms with van der Waals surface area (Å²) in [6.45, 7) is 3.35. The van der Waals surface area contributed by atoms with E-state index in [4.69, 9.17) is 9.84 Å². The number of rotatable bonds is 5. The quantitative estimate of drug-likeness (QED) is 0.582. The van der Waals surface area contributed by atoms with Gasteiger partial charge in [-0.1, -0.05) is 18.2 Å². The number of fused-ring (bicyclic) bond motifs is 2. The van der Waals surface area contributed by atoms with Crippen LogP contribution in [0.15, 0.2) is 58.3 Å². The average Bonchev–Trinajstić information content (AvgIpc) is 3.37. The van der Waals surface area contributed by atoms with Crippen molar-refractivity contribution in [1.29, 1.82) is 0 Å². The van der Waals surface area contributed by atoms with E-state index in [1.54, 1.807) is 17.9 Å². The largest absolute Gasteiger partial charge is 0.497 e. The van der Waals surface area contributed by atoms with E-state index in [-0.39, 0.29) is 12.0 Å². The number of methoxy groups -OCH3 is 1. The normalized spacial score (nSPS) is 20.3. The van der Waals surface area contributed by atoms with Gasteiger partial charge >= 0.3 is 11.1 Å². The lowest BCUT2D eigenvalue weighted by Gasteiger charge is -2.24. The molecule has 1 spiro atoms. The summed E-state index contributed by atoms with van der Waals surface area (Å²) in [5.41, 5.74) is 0.680. The molecule has 31 heavy (non-hydrogen) atoms. The van der Waals surface area contributed by atoms with Crippen molar-refractivity contribution in [2.24, 2.45) is 0 Å². The van der Waals surface area contributed by atoms with Crippen LogP contribution in [0.4, 0.5) is 0 Å². The third-order valence-corrected chi connectivity index (χ3v) is 6.46. The molecule has 1 fully saturated rings. The Balaban J connectivity index is 1.41. The lowest BCUT2D eigenvalue weighted by Crippen LogP contribution is -2.45. The van der Waals surface area contributed by atoms with Gasteiger partial charge in [0.15, 0.2) is 0 Å². The molecule has 3 aromatic rings. The second-order valence-electron chi connectivity index (χ2n) is 8.40. The SMILES string of the molecule is COc1ccc(CN2CCC3(CCn4c3nn(Cc3ccccn3)c(=O)c4=O)C2)cc1. The maximum absolute atomic E-state index is 12.8. The molecule has 8 heteroatoms. The highest BCUT2D eigenvalue weighted by molar-refractivity contribution is 5.27. The minimum atomic E-state index is -0.584. The van der Waals surface area contributed by atoms with E-state index in [1.165, 1.54) is 10.2 Å². The van der Waals surface area contributed by atoms with Crippen LogP contribution in [0.5, 0.6) is 5.75 Å². The third kappa shape index (κ3) is 3.57. The highest BCUT2D eigenvalue weighted by atomic mass is 16.5. The van der Waals surface area contributed by atoms with Crippen LogP contribution in [-0.2, 0) is 25.0 Å². The first-order valence-electron chi connectivity index (χ1n) is 10.6. The number of pyridine rings is 1. The Morgan fingerprint density at radius 2 is 1.81 bits per heavy atom. The third-order valence-electron chi connectivity index (χ3n) is 6.46. The highest BCUT2D eigenvalue weighted by Gasteiger charge is 2.47. The topological polar surface area (TPSA) is 82.2 Å². The van der Waals surface area contributed by atoms with E-state index in [1.807, 2.05) is 30.3 Å². The second-order valence-corrected chi connectivity index (χ2v) is 8.40. The number of likely N-dealkylation sites (tertiary alicyclic amines) is 1. The summed E-state index contributed by atoms with van der Waals surface area (Å²) >= 11 is 0. The van der Waals surface area contributed by atoms with Crippen molar-refractivity contribution in [3.05, 3.63) is 86.5 Å². The fraction of sp³-hybridized carbons (Fsp3) is 0.391. The fourth-order valence-electron chi connectivity index (χ4n) is 4.79. The number of benzene rings is 1. The maximum atomic E-state index is 12.8. The molecule has 1 aromatic carbocycles. The van der Waals surface area contributed by atoms with Crippen LogP contribution >= 0.6 is 0 Å². The Morgan fingerprint density at radius 1 is 1.00 bits per heavy atom. The van der Waals surface area contributed by atoms with Crippen molar-refractivity contribution in [3.63, 3.8) is 0 Å². The predicted octanol–water partition coefficient (Wildman–Crippen LogP) is 1.40. The molecule has 0 aliphatic carbocycles. The molecule has 2 aliphatic heterocycles. The minimum Gasteiger partial charge on any atom is -0.497 e. The molecule has 1 atom stereocenters. The molecule has 0 amide bonds. The van der Waals surface area contributed by atoms with Gasteiger partial charge in [0.25, 0.3) is 0 Å². The molecule has 2 aliphatic rings. The first kappa shape index (κ1) is 19.7. The monoisotopic (exact) mass is 419 g/mol. The summed E-state index contributed by atoms with van der Waals surface area (Å²) < 4.78 is 8.12. The number of aromatic nitrogens is 4. The minimum absolute atomic E-state index is 0.189. The molecule has 1 saturated heterocycles. The van der Waals surface area contributed by atoms with Gasteiger partial charge in [-0.15, -0.1) is 0 Å². The van der Waals surface area contributed by atoms with E-state index < -0.39 is 11.1 Å². The number of hydrogen-bond acceptors (Lipinski definition) is 6. The van der Waals surface area contributed by atoms with Gasteiger partial charge in [-0.3, -0.25) is 24.0 Å². The Hall–Kier alpha value is -3.26. The van der Waals surface area contributed by atoms with Gasteiger partial charge in [0.05, 0.1) is 19.3 Å². The van der Waals surface area contributed by atoms with Gasteiger partial charge in [-0.25, -0.2) is 4.68 Å². The van der Waals surface area contributed by atoms with E-state index in [2.05, 4.69) is 22.0 Å². The molecule has 0 N–H and O–H groups in total. The van der Waals surface area contributed by atoms with Crippen LogP contribution < -0.4 is 15.9 Å². The van der Waals surface area contributed by atoms with E-state index >= 15 is 0 Å². The van der Waals surface area contributed by atoms with Crippen molar-refractivity contribution < 1.29 is 4.74 Å². The Morgan fingerprint density at radius 3 is 2.55 bits per heavy atom. The van der Waals surface area contributed by atoms with Crippen molar-refractivity contribution in [1.82, 2.24) is 24.2 Å². The second kappa shape index (κ2) is 7.77. The van der Waals surface area contributed by atoms with Crippen LogP contribution in [0.2, 0.25) is 0 Å². The van der Waals surface area contributed by atoms with Crippen LogP contribution in [0, 0.1) is 0 Å². The smallest absolute Gasteiger partial charge is 0.332 e. The molecule has 4 heterocycles. The van der Waals surface area contributed by atoms with E-state index in [0.717, 1.165) is 44.0 Å². The number of hydrogen-bond donors (Lipinski definition) is 0. The van der Waals surface area contributed by atoms with Gasteiger partial charge < -0.3 is 4.74 Å². The number of nitrogens with zero attached hydrogens (tertiary/aromatic N) is 5. The zero-order chi connectivity index (χ0) is 21.4. The lowest BCUT2D eigenvalue weighted by molar-refractivity contribution is 0.297. The first-order valence-corrected chi connectivity index (χ1v) is 10.6. The molecule has 0 radical (unpaired) electrons. The standard InChI is InChI=1S/C23H25N5O3/c1-31-19-7-5-17(6-8-19)14-26-12-9-23(16-26)10-13-27-20(29)21(30)28(25-22(23)27)15-18-4-2-3-11-24-18/h2-8,11H,9-10,12-16H2,1H3. The zero-order valence-electron chi connectivity index (χ0n) is 17.5.